The number of hydrogen-bond donors (Lipinski definition) is 2. The van der Waals surface area contributed by atoms with Crippen molar-refractivity contribution in [2.24, 2.45) is 5.41 Å². The van der Waals surface area contributed by atoms with Gasteiger partial charge < -0.3 is 10.4 Å². The molecular formula is C18H19F2N3O2. The molecule has 132 valence electrons. The van der Waals surface area contributed by atoms with Gasteiger partial charge in [0.15, 0.2) is 0 Å². The van der Waals surface area contributed by atoms with Gasteiger partial charge in [-0.3, -0.25) is 4.79 Å². The fourth-order valence-electron chi connectivity index (χ4n) is 3.51. The Morgan fingerprint density at radius 3 is 2.68 bits per heavy atom. The summed E-state index contributed by atoms with van der Waals surface area (Å²) in [6.45, 7) is -0.139. The molecule has 2 aromatic rings. The molecule has 25 heavy (non-hydrogen) atoms. The zero-order valence-corrected chi connectivity index (χ0v) is 13.6. The van der Waals surface area contributed by atoms with E-state index in [1.807, 2.05) is 0 Å². The number of carbonyl (C=O) groups is 1. The molecule has 0 bridgehead atoms. The summed E-state index contributed by atoms with van der Waals surface area (Å²) in [5.41, 5.74) is 1.44. The number of halogens is 2. The Bertz CT molecular complexity index is 809. The van der Waals surface area contributed by atoms with E-state index in [1.54, 1.807) is 10.9 Å². The van der Waals surface area contributed by atoms with Gasteiger partial charge in [-0.2, -0.15) is 5.10 Å². The van der Waals surface area contributed by atoms with Crippen LogP contribution in [0.25, 0.3) is 5.69 Å². The highest BCUT2D eigenvalue weighted by atomic mass is 19.1. The van der Waals surface area contributed by atoms with Gasteiger partial charge in [0.1, 0.15) is 11.6 Å². The van der Waals surface area contributed by atoms with Gasteiger partial charge in [-0.15, -0.1) is 0 Å². The van der Waals surface area contributed by atoms with Gasteiger partial charge in [-0.1, -0.05) is 0 Å². The van der Waals surface area contributed by atoms with Crippen LogP contribution >= 0.6 is 0 Å². The predicted octanol–water partition coefficient (Wildman–Crippen LogP) is 2.42. The molecule has 1 fully saturated rings. The highest BCUT2D eigenvalue weighted by Gasteiger charge is 2.50. The number of fused-ring (bicyclic) bond motifs is 1. The van der Waals surface area contributed by atoms with E-state index in [2.05, 4.69) is 10.4 Å². The van der Waals surface area contributed by atoms with Crippen LogP contribution < -0.4 is 5.32 Å². The van der Waals surface area contributed by atoms with Crippen molar-refractivity contribution in [3.05, 3.63) is 47.3 Å². The Hall–Kier alpha value is -2.28. The van der Waals surface area contributed by atoms with E-state index in [-0.39, 0.29) is 18.6 Å². The summed E-state index contributed by atoms with van der Waals surface area (Å²) in [7, 11) is 0. The molecule has 2 N–H and O–H groups in total. The van der Waals surface area contributed by atoms with Gasteiger partial charge in [-0.25, -0.2) is 13.5 Å². The highest BCUT2D eigenvalue weighted by Crippen LogP contribution is 2.46. The van der Waals surface area contributed by atoms with Crippen LogP contribution in [0.4, 0.5) is 8.78 Å². The van der Waals surface area contributed by atoms with E-state index in [4.69, 9.17) is 0 Å². The normalized spacial score (nSPS) is 20.8. The van der Waals surface area contributed by atoms with Gasteiger partial charge in [0.25, 0.3) is 0 Å². The van der Waals surface area contributed by atoms with Crippen molar-refractivity contribution in [2.75, 3.05) is 6.61 Å². The average Bonchev–Trinajstić information content (AvgIpc) is 3.26. The van der Waals surface area contributed by atoms with Crippen molar-refractivity contribution < 1.29 is 18.7 Å². The molecule has 0 saturated heterocycles. The number of benzene rings is 1. The maximum atomic E-state index is 13.5. The van der Waals surface area contributed by atoms with Gasteiger partial charge in [-0.05, 0) is 44.2 Å². The summed E-state index contributed by atoms with van der Waals surface area (Å²) in [5.74, 6) is -1.44. The number of aliphatic hydroxyl groups excluding tert-OH is 1. The van der Waals surface area contributed by atoms with Gasteiger partial charge in [0.05, 0.1) is 29.9 Å². The van der Waals surface area contributed by atoms with Crippen LogP contribution in [-0.4, -0.2) is 27.4 Å². The molecule has 4 rings (SSSR count). The minimum atomic E-state index is -0.654. The fraction of sp³-hybridized carbons (Fsp3) is 0.444. The monoisotopic (exact) mass is 347 g/mol. The number of aliphatic hydroxyl groups is 1. The molecule has 2 aliphatic carbocycles. The minimum absolute atomic E-state index is 0.127. The molecule has 1 heterocycles. The molecule has 0 aliphatic heterocycles. The van der Waals surface area contributed by atoms with Gasteiger partial charge in [0, 0.05) is 17.3 Å². The fourth-order valence-corrected chi connectivity index (χ4v) is 3.51. The SMILES string of the molecule is O=C(N[C@@H]1CCCc2c1cnn2-c1cc(F)cc(F)c1)C1(CO)CC1. The minimum Gasteiger partial charge on any atom is -0.395 e. The van der Waals surface area contributed by atoms with Gasteiger partial charge >= 0.3 is 0 Å². The Morgan fingerprint density at radius 2 is 2.04 bits per heavy atom. The molecular weight excluding hydrogens is 328 g/mol. The lowest BCUT2D eigenvalue weighted by Crippen LogP contribution is -2.38. The van der Waals surface area contributed by atoms with Crippen LogP contribution in [0.5, 0.6) is 0 Å². The molecule has 1 aromatic carbocycles. The lowest BCUT2D eigenvalue weighted by atomic mass is 9.92. The number of nitrogens with one attached hydrogen (secondary N) is 1. The molecule has 1 aromatic heterocycles. The summed E-state index contributed by atoms with van der Waals surface area (Å²) in [6, 6.07) is 3.12. The molecule has 7 heteroatoms. The van der Waals surface area contributed by atoms with E-state index in [0.29, 0.717) is 18.5 Å². The first-order valence-corrected chi connectivity index (χ1v) is 8.47. The summed E-state index contributed by atoms with van der Waals surface area (Å²) in [6.07, 6.45) is 5.41. The number of carbonyl (C=O) groups excluding carboxylic acids is 1. The van der Waals surface area contributed by atoms with E-state index in [1.165, 1.54) is 12.1 Å². The Balaban J connectivity index is 1.63. The van der Waals surface area contributed by atoms with Crippen molar-refractivity contribution in [3.8, 4) is 5.69 Å². The van der Waals surface area contributed by atoms with Crippen LogP contribution in [0.15, 0.2) is 24.4 Å². The van der Waals surface area contributed by atoms with Crippen molar-refractivity contribution in [3.63, 3.8) is 0 Å². The molecule has 0 spiro atoms. The number of aromatic nitrogens is 2. The first-order valence-electron chi connectivity index (χ1n) is 8.47. The lowest BCUT2D eigenvalue weighted by Gasteiger charge is -2.26. The topological polar surface area (TPSA) is 67.2 Å². The van der Waals surface area contributed by atoms with Crippen molar-refractivity contribution in [1.82, 2.24) is 15.1 Å². The smallest absolute Gasteiger partial charge is 0.229 e. The van der Waals surface area contributed by atoms with Crippen LogP contribution in [0.2, 0.25) is 0 Å². The van der Waals surface area contributed by atoms with Crippen LogP contribution in [0, 0.1) is 17.0 Å². The Kier molecular flexibility index (Phi) is 3.83. The second kappa shape index (κ2) is 5.91. The molecule has 1 atom stereocenters. The van der Waals surface area contributed by atoms with E-state index in [9.17, 15) is 18.7 Å². The first kappa shape index (κ1) is 16.2. The van der Waals surface area contributed by atoms with Gasteiger partial charge in [0.2, 0.25) is 5.91 Å². The molecule has 1 saturated carbocycles. The maximum absolute atomic E-state index is 13.5. The van der Waals surface area contributed by atoms with Crippen LogP contribution in [-0.2, 0) is 11.2 Å². The van der Waals surface area contributed by atoms with Crippen molar-refractivity contribution in [2.45, 2.75) is 38.1 Å². The summed E-state index contributed by atoms with van der Waals surface area (Å²) < 4.78 is 28.6. The van der Waals surface area contributed by atoms with Crippen LogP contribution in [0.3, 0.4) is 0 Å². The lowest BCUT2D eigenvalue weighted by molar-refractivity contribution is -0.128. The third-order valence-electron chi connectivity index (χ3n) is 5.22. The zero-order valence-electron chi connectivity index (χ0n) is 13.6. The average molecular weight is 347 g/mol. The predicted molar refractivity (Wildman–Crippen MR) is 86.1 cm³/mol. The highest BCUT2D eigenvalue weighted by molar-refractivity contribution is 5.85. The second-order valence-electron chi connectivity index (χ2n) is 6.94. The third-order valence-corrected chi connectivity index (χ3v) is 5.22. The number of rotatable bonds is 4. The van der Waals surface area contributed by atoms with Crippen LogP contribution in [0.1, 0.15) is 43.0 Å². The summed E-state index contributed by atoms with van der Waals surface area (Å²) in [4.78, 5) is 12.4. The Labute approximate surface area is 143 Å². The van der Waals surface area contributed by atoms with E-state index < -0.39 is 17.0 Å². The number of hydrogen-bond acceptors (Lipinski definition) is 3. The molecule has 0 radical (unpaired) electrons. The molecule has 2 aliphatic rings. The quantitative estimate of drug-likeness (QED) is 0.893. The van der Waals surface area contributed by atoms with E-state index in [0.717, 1.165) is 36.6 Å². The molecule has 5 nitrogen and oxygen atoms in total. The third kappa shape index (κ3) is 2.82. The zero-order chi connectivity index (χ0) is 17.6. The van der Waals surface area contributed by atoms with Crippen molar-refractivity contribution in [1.29, 1.82) is 0 Å². The maximum Gasteiger partial charge on any atom is 0.229 e. The summed E-state index contributed by atoms with van der Waals surface area (Å²) in [5, 5.41) is 16.7. The Morgan fingerprint density at radius 1 is 1.32 bits per heavy atom. The largest absolute Gasteiger partial charge is 0.395 e. The molecule has 0 unspecified atom stereocenters. The first-order chi connectivity index (χ1) is 12.0. The second-order valence-corrected chi connectivity index (χ2v) is 6.94. The standard InChI is InChI=1S/C18H19F2N3O2/c19-11-6-12(20)8-13(7-11)23-16-3-1-2-15(14(16)9-21-23)22-17(25)18(10-24)4-5-18/h6-9,15,24H,1-5,10H2,(H,22,25)/t15-/m1/s1. The van der Waals surface area contributed by atoms with E-state index >= 15 is 0 Å². The summed E-state index contributed by atoms with van der Waals surface area (Å²) >= 11 is 0. The number of nitrogens with zero attached hydrogens (tertiary/aromatic N) is 2. The number of amides is 1. The molecule has 1 amide bonds. The van der Waals surface area contributed by atoms with Crippen molar-refractivity contribution >= 4 is 5.91 Å².